The molecule has 3 aliphatic rings. The van der Waals surface area contributed by atoms with Gasteiger partial charge in [-0.25, -0.2) is 0 Å². The second-order valence-corrected chi connectivity index (χ2v) is 7.31. The standard InChI is InChI=1S/C24H22/c1-16-6-8-17(9-7-16)19-11-10-18-12-13-22-21-5-3-2-4-20(21)15-24(22)23(18)14-19/h4,6-12,14H,2-3,5,13,15H2,1H3. The highest BCUT2D eigenvalue weighted by molar-refractivity contribution is 5.81. The number of hydrogen-bond acceptors (Lipinski definition) is 0. The summed E-state index contributed by atoms with van der Waals surface area (Å²) >= 11 is 0. The zero-order chi connectivity index (χ0) is 16.1. The van der Waals surface area contributed by atoms with Gasteiger partial charge in [0, 0.05) is 0 Å². The van der Waals surface area contributed by atoms with Crippen LogP contribution in [0.2, 0.25) is 0 Å². The molecular formula is C24H22. The van der Waals surface area contributed by atoms with Gasteiger partial charge in [0.25, 0.3) is 0 Å². The number of hydrogen-bond donors (Lipinski definition) is 0. The van der Waals surface area contributed by atoms with Gasteiger partial charge in [-0.1, -0.05) is 54.1 Å². The maximum Gasteiger partial charge on any atom is -0.00170 e. The minimum absolute atomic E-state index is 1.12. The van der Waals surface area contributed by atoms with Crippen molar-refractivity contribution in [3.05, 3.63) is 81.3 Å². The molecule has 0 amide bonds. The van der Waals surface area contributed by atoms with Gasteiger partial charge < -0.3 is 0 Å². The smallest absolute Gasteiger partial charge is 0.00170 e. The summed E-state index contributed by atoms with van der Waals surface area (Å²) in [6, 6.07) is 15.9. The van der Waals surface area contributed by atoms with Crippen LogP contribution in [-0.2, 0) is 0 Å². The molecular weight excluding hydrogens is 288 g/mol. The fraction of sp³-hybridized carbons (Fsp3) is 0.250. The molecule has 0 heteroatoms. The zero-order valence-corrected chi connectivity index (χ0v) is 14.2. The van der Waals surface area contributed by atoms with Crippen LogP contribution in [0, 0.1) is 6.92 Å². The van der Waals surface area contributed by atoms with Gasteiger partial charge in [-0.3, -0.25) is 0 Å². The molecule has 0 saturated carbocycles. The van der Waals surface area contributed by atoms with E-state index in [0.717, 1.165) is 12.8 Å². The summed E-state index contributed by atoms with van der Waals surface area (Å²) in [6.07, 6.45) is 11.1. The molecule has 0 nitrogen and oxygen atoms in total. The Balaban J connectivity index is 1.72. The van der Waals surface area contributed by atoms with Crippen molar-refractivity contribution in [1.29, 1.82) is 0 Å². The molecule has 2 aromatic carbocycles. The lowest BCUT2D eigenvalue weighted by atomic mass is 9.91. The summed E-state index contributed by atoms with van der Waals surface area (Å²) in [5.41, 5.74) is 10.5. The average molecular weight is 310 g/mol. The first-order valence-electron chi connectivity index (χ1n) is 9.12. The molecule has 0 spiro atoms. The molecule has 0 aromatic heterocycles. The minimum Gasteiger partial charge on any atom is -0.0807 e. The van der Waals surface area contributed by atoms with Crippen LogP contribution in [-0.4, -0.2) is 0 Å². The van der Waals surface area contributed by atoms with Crippen LogP contribution in [0.15, 0.2) is 65.3 Å². The summed E-state index contributed by atoms with van der Waals surface area (Å²) in [5, 5.41) is 2.89. The van der Waals surface area contributed by atoms with E-state index in [2.05, 4.69) is 61.5 Å². The van der Waals surface area contributed by atoms with Crippen molar-refractivity contribution < 1.29 is 0 Å². The normalized spacial score (nSPS) is 18.5. The van der Waals surface area contributed by atoms with Crippen LogP contribution < -0.4 is 10.4 Å². The number of benzene rings is 2. The van der Waals surface area contributed by atoms with E-state index in [1.807, 2.05) is 0 Å². The SMILES string of the molecule is Cc1ccc(-c2ccc3c(c2)=C2CC4=CCCCC4=C2CC=3)cc1. The van der Waals surface area contributed by atoms with Crippen LogP contribution in [0.3, 0.4) is 0 Å². The Morgan fingerprint density at radius 3 is 2.50 bits per heavy atom. The highest BCUT2D eigenvalue weighted by Crippen LogP contribution is 2.43. The van der Waals surface area contributed by atoms with Crippen LogP contribution in [0.5, 0.6) is 0 Å². The summed E-state index contributed by atoms with van der Waals surface area (Å²) in [6.45, 7) is 2.15. The predicted molar refractivity (Wildman–Crippen MR) is 102 cm³/mol. The monoisotopic (exact) mass is 310 g/mol. The molecule has 24 heavy (non-hydrogen) atoms. The molecule has 0 bridgehead atoms. The van der Waals surface area contributed by atoms with E-state index in [1.165, 1.54) is 46.4 Å². The Bertz CT molecular complexity index is 1010. The number of aryl methyl sites for hydroxylation is 1. The van der Waals surface area contributed by atoms with Gasteiger partial charge in [-0.05, 0) is 89.0 Å². The molecule has 0 aliphatic heterocycles. The molecule has 118 valence electrons. The van der Waals surface area contributed by atoms with E-state index >= 15 is 0 Å². The molecule has 3 aliphatic carbocycles. The van der Waals surface area contributed by atoms with Crippen molar-refractivity contribution in [3.8, 4) is 11.1 Å². The lowest BCUT2D eigenvalue weighted by Gasteiger charge is -2.14. The predicted octanol–water partition coefficient (Wildman–Crippen LogP) is 4.81. The Hall–Kier alpha value is -2.34. The lowest BCUT2D eigenvalue weighted by Crippen LogP contribution is -2.29. The van der Waals surface area contributed by atoms with Crippen molar-refractivity contribution in [2.24, 2.45) is 0 Å². The molecule has 5 rings (SSSR count). The van der Waals surface area contributed by atoms with E-state index in [-0.39, 0.29) is 0 Å². The quantitative estimate of drug-likeness (QED) is 0.709. The lowest BCUT2D eigenvalue weighted by molar-refractivity contribution is 0.798. The summed E-state index contributed by atoms with van der Waals surface area (Å²) in [4.78, 5) is 0. The molecule has 0 fully saturated rings. The third kappa shape index (κ3) is 2.13. The Morgan fingerprint density at radius 2 is 1.62 bits per heavy atom. The average Bonchev–Trinajstić information content (AvgIpc) is 3.01. The molecule has 0 radical (unpaired) electrons. The first kappa shape index (κ1) is 14.0. The van der Waals surface area contributed by atoms with Crippen LogP contribution >= 0.6 is 0 Å². The van der Waals surface area contributed by atoms with Crippen molar-refractivity contribution in [1.82, 2.24) is 0 Å². The molecule has 0 atom stereocenters. The van der Waals surface area contributed by atoms with Crippen LogP contribution in [0.25, 0.3) is 22.8 Å². The molecule has 0 unspecified atom stereocenters. The highest BCUT2D eigenvalue weighted by Gasteiger charge is 2.26. The summed E-state index contributed by atoms with van der Waals surface area (Å²) in [5.74, 6) is 0. The van der Waals surface area contributed by atoms with Crippen LogP contribution in [0.4, 0.5) is 0 Å². The van der Waals surface area contributed by atoms with Crippen molar-refractivity contribution >= 4 is 11.6 Å². The van der Waals surface area contributed by atoms with Crippen molar-refractivity contribution in [2.75, 3.05) is 0 Å². The Morgan fingerprint density at radius 1 is 0.792 bits per heavy atom. The van der Waals surface area contributed by atoms with Crippen LogP contribution in [0.1, 0.15) is 37.7 Å². The zero-order valence-electron chi connectivity index (χ0n) is 14.2. The fourth-order valence-corrected chi connectivity index (χ4v) is 4.48. The van der Waals surface area contributed by atoms with E-state index in [9.17, 15) is 0 Å². The van der Waals surface area contributed by atoms with Crippen molar-refractivity contribution in [2.45, 2.75) is 39.0 Å². The number of allylic oxidation sites excluding steroid dienone is 4. The summed E-state index contributed by atoms with van der Waals surface area (Å²) in [7, 11) is 0. The maximum absolute atomic E-state index is 2.49. The van der Waals surface area contributed by atoms with Gasteiger partial charge in [0.05, 0.1) is 0 Å². The topological polar surface area (TPSA) is 0 Å². The maximum atomic E-state index is 2.49. The van der Waals surface area contributed by atoms with Gasteiger partial charge in [0.15, 0.2) is 0 Å². The van der Waals surface area contributed by atoms with Gasteiger partial charge in [0.2, 0.25) is 0 Å². The largest absolute Gasteiger partial charge is 0.0807 e. The fourth-order valence-electron chi connectivity index (χ4n) is 4.48. The first-order chi connectivity index (χ1) is 11.8. The molecule has 2 aromatic rings. The Labute approximate surface area is 143 Å². The van der Waals surface area contributed by atoms with E-state index in [0.29, 0.717) is 0 Å². The highest BCUT2D eigenvalue weighted by atomic mass is 14.3. The summed E-state index contributed by atoms with van der Waals surface area (Å²) < 4.78 is 0. The molecule has 0 saturated heterocycles. The first-order valence-corrected chi connectivity index (χ1v) is 9.12. The molecule has 0 heterocycles. The van der Waals surface area contributed by atoms with Gasteiger partial charge in [-0.2, -0.15) is 0 Å². The molecule has 0 N–H and O–H groups in total. The van der Waals surface area contributed by atoms with Gasteiger partial charge >= 0.3 is 0 Å². The van der Waals surface area contributed by atoms with E-state index < -0.39 is 0 Å². The van der Waals surface area contributed by atoms with Gasteiger partial charge in [-0.15, -0.1) is 0 Å². The second kappa shape index (κ2) is 5.34. The van der Waals surface area contributed by atoms with E-state index in [4.69, 9.17) is 0 Å². The third-order valence-electron chi connectivity index (χ3n) is 5.79. The number of fused-ring (bicyclic) bond motifs is 3. The Kier molecular flexibility index (Phi) is 3.13. The number of rotatable bonds is 1. The van der Waals surface area contributed by atoms with E-state index in [1.54, 1.807) is 22.3 Å². The van der Waals surface area contributed by atoms with Gasteiger partial charge in [0.1, 0.15) is 0 Å². The van der Waals surface area contributed by atoms with Crippen molar-refractivity contribution in [3.63, 3.8) is 0 Å². The second-order valence-electron chi connectivity index (χ2n) is 7.31. The third-order valence-corrected chi connectivity index (χ3v) is 5.79. The minimum atomic E-state index is 1.12.